The molecule has 0 aliphatic heterocycles. The van der Waals surface area contributed by atoms with E-state index in [1.807, 2.05) is 23.7 Å². The number of hydrogen-bond donors (Lipinski definition) is 2. The summed E-state index contributed by atoms with van der Waals surface area (Å²) in [6, 6.07) is 12.5. The van der Waals surface area contributed by atoms with E-state index < -0.39 is 0 Å². The van der Waals surface area contributed by atoms with Gasteiger partial charge in [0.25, 0.3) is 0 Å². The van der Waals surface area contributed by atoms with E-state index in [4.69, 9.17) is 5.73 Å². The van der Waals surface area contributed by atoms with Crippen molar-refractivity contribution in [2.45, 2.75) is 13.0 Å². The summed E-state index contributed by atoms with van der Waals surface area (Å²) >= 11 is 5.05. The van der Waals surface area contributed by atoms with Crippen LogP contribution in [0, 0.1) is 0 Å². The molecular weight excluding hydrogens is 334 g/mol. The van der Waals surface area contributed by atoms with Crippen molar-refractivity contribution in [2.75, 3.05) is 11.1 Å². The van der Waals surface area contributed by atoms with Crippen molar-refractivity contribution >= 4 is 48.9 Å². The van der Waals surface area contributed by atoms with Gasteiger partial charge < -0.3 is 11.1 Å². The molecule has 3 N–H and O–H groups in total. The van der Waals surface area contributed by atoms with Gasteiger partial charge in [-0.15, -0.1) is 11.3 Å². The van der Waals surface area contributed by atoms with Crippen LogP contribution in [0.2, 0.25) is 0 Å². The molecular formula is C15H14BrN3S. The van der Waals surface area contributed by atoms with Gasteiger partial charge in [-0.25, -0.2) is 4.98 Å². The molecule has 5 heteroatoms. The van der Waals surface area contributed by atoms with Crippen molar-refractivity contribution in [1.82, 2.24) is 4.98 Å². The number of nitrogens with one attached hydrogen (secondary N) is 1. The molecule has 20 heavy (non-hydrogen) atoms. The van der Waals surface area contributed by atoms with Crippen LogP contribution in [0.5, 0.6) is 0 Å². The molecule has 3 nitrogen and oxygen atoms in total. The molecule has 0 saturated carbocycles. The first-order valence-electron chi connectivity index (χ1n) is 6.29. The van der Waals surface area contributed by atoms with Crippen LogP contribution in [0.3, 0.4) is 0 Å². The predicted octanol–water partition coefficient (Wildman–Crippen LogP) is 4.81. The van der Waals surface area contributed by atoms with Gasteiger partial charge in [-0.1, -0.05) is 28.1 Å². The topological polar surface area (TPSA) is 50.9 Å². The molecule has 0 amide bonds. The summed E-state index contributed by atoms with van der Waals surface area (Å²) in [4.78, 5) is 4.32. The minimum atomic E-state index is 0.182. The molecule has 3 aromatic rings. The minimum absolute atomic E-state index is 0.182. The van der Waals surface area contributed by atoms with Crippen molar-refractivity contribution in [1.29, 1.82) is 0 Å². The maximum atomic E-state index is 6.19. The SMILES string of the molecule is CC(Nc1ccc2scnc2c1N)c1ccc(Br)cc1. The molecule has 0 aliphatic carbocycles. The average molecular weight is 348 g/mol. The number of thiazole rings is 1. The monoisotopic (exact) mass is 347 g/mol. The van der Waals surface area contributed by atoms with E-state index in [-0.39, 0.29) is 6.04 Å². The number of anilines is 2. The number of benzene rings is 2. The van der Waals surface area contributed by atoms with Gasteiger partial charge >= 0.3 is 0 Å². The second kappa shape index (κ2) is 5.42. The first-order chi connectivity index (χ1) is 9.65. The minimum Gasteiger partial charge on any atom is -0.395 e. The molecule has 0 bridgehead atoms. The highest BCUT2D eigenvalue weighted by atomic mass is 79.9. The van der Waals surface area contributed by atoms with Crippen molar-refractivity contribution in [3.05, 3.63) is 51.9 Å². The van der Waals surface area contributed by atoms with Crippen LogP contribution < -0.4 is 11.1 Å². The zero-order chi connectivity index (χ0) is 14.1. The zero-order valence-corrected chi connectivity index (χ0v) is 13.3. The Balaban J connectivity index is 1.88. The second-order valence-corrected chi connectivity index (χ2v) is 6.45. The quantitative estimate of drug-likeness (QED) is 0.668. The summed E-state index contributed by atoms with van der Waals surface area (Å²) in [7, 11) is 0. The van der Waals surface area contributed by atoms with Crippen LogP contribution in [0.15, 0.2) is 46.4 Å². The molecule has 2 aromatic carbocycles. The largest absolute Gasteiger partial charge is 0.395 e. The van der Waals surface area contributed by atoms with Gasteiger partial charge in [-0.05, 0) is 36.8 Å². The van der Waals surface area contributed by atoms with Gasteiger partial charge in [0, 0.05) is 10.5 Å². The lowest BCUT2D eigenvalue weighted by atomic mass is 10.1. The van der Waals surface area contributed by atoms with E-state index in [9.17, 15) is 0 Å². The summed E-state index contributed by atoms with van der Waals surface area (Å²) in [6.45, 7) is 2.12. The zero-order valence-electron chi connectivity index (χ0n) is 10.9. The Hall–Kier alpha value is -1.59. The Morgan fingerprint density at radius 3 is 2.70 bits per heavy atom. The Morgan fingerprint density at radius 2 is 1.95 bits per heavy atom. The van der Waals surface area contributed by atoms with Crippen LogP contribution in [0.4, 0.5) is 11.4 Å². The van der Waals surface area contributed by atoms with Crippen molar-refractivity contribution in [3.63, 3.8) is 0 Å². The third-order valence-electron chi connectivity index (χ3n) is 3.28. The number of fused-ring (bicyclic) bond motifs is 1. The van der Waals surface area contributed by atoms with Gasteiger partial charge in [0.15, 0.2) is 0 Å². The normalized spacial score (nSPS) is 12.5. The average Bonchev–Trinajstić information content (AvgIpc) is 2.92. The summed E-state index contributed by atoms with van der Waals surface area (Å²) in [5.74, 6) is 0. The van der Waals surface area contributed by atoms with Gasteiger partial charge in [-0.3, -0.25) is 0 Å². The summed E-state index contributed by atoms with van der Waals surface area (Å²) in [5, 5.41) is 3.45. The highest BCUT2D eigenvalue weighted by Gasteiger charge is 2.10. The first kappa shape index (κ1) is 13.4. The summed E-state index contributed by atoms with van der Waals surface area (Å²) in [6.07, 6.45) is 0. The molecule has 0 aliphatic rings. The molecule has 1 atom stereocenters. The van der Waals surface area contributed by atoms with Gasteiger partial charge in [0.05, 0.1) is 21.6 Å². The second-order valence-electron chi connectivity index (χ2n) is 4.64. The fourth-order valence-corrected chi connectivity index (χ4v) is 3.10. The van der Waals surface area contributed by atoms with E-state index in [1.54, 1.807) is 11.3 Å². The van der Waals surface area contributed by atoms with Crippen molar-refractivity contribution in [3.8, 4) is 0 Å². The number of halogens is 1. The van der Waals surface area contributed by atoms with Crippen molar-refractivity contribution in [2.24, 2.45) is 0 Å². The Labute approximate surface area is 130 Å². The highest BCUT2D eigenvalue weighted by molar-refractivity contribution is 9.10. The molecule has 1 aromatic heterocycles. The standard InChI is InChI=1S/C15H14BrN3S/c1-9(10-2-4-11(16)5-3-10)19-12-6-7-13-15(14(12)17)18-8-20-13/h2-9,19H,17H2,1H3. The molecule has 0 fully saturated rings. The van der Waals surface area contributed by atoms with Gasteiger partial charge in [0.1, 0.15) is 5.52 Å². The lowest BCUT2D eigenvalue weighted by Crippen LogP contribution is -2.08. The first-order valence-corrected chi connectivity index (χ1v) is 7.96. The van der Waals surface area contributed by atoms with Crippen LogP contribution in [0.25, 0.3) is 10.2 Å². The Bertz CT molecular complexity index is 736. The number of aromatic nitrogens is 1. The van der Waals surface area contributed by atoms with Gasteiger partial charge in [0.2, 0.25) is 0 Å². The molecule has 0 radical (unpaired) electrons. The van der Waals surface area contributed by atoms with E-state index in [0.717, 1.165) is 20.4 Å². The number of nitrogens with zero attached hydrogens (tertiary/aromatic N) is 1. The molecule has 1 unspecified atom stereocenters. The fraction of sp³-hybridized carbons (Fsp3) is 0.133. The molecule has 0 spiro atoms. The van der Waals surface area contributed by atoms with E-state index in [2.05, 4.69) is 51.4 Å². The van der Waals surface area contributed by atoms with E-state index in [1.165, 1.54) is 5.56 Å². The van der Waals surface area contributed by atoms with E-state index in [0.29, 0.717) is 5.69 Å². The maximum Gasteiger partial charge on any atom is 0.106 e. The van der Waals surface area contributed by atoms with E-state index >= 15 is 0 Å². The predicted molar refractivity (Wildman–Crippen MR) is 90.2 cm³/mol. The highest BCUT2D eigenvalue weighted by Crippen LogP contribution is 2.32. The third kappa shape index (κ3) is 2.51. The smallest absolute Gasteiger partial charge is 0.106 e. The van der Waals surface area contributed by atoms with Crippen LogP contribution >= 0.6 is 27.3 Å². The summed E-state index contributed by atoms with van der Waals surface area (Å²) < 4.78 is 2.20. The van der Waals surface area contributed by atoms with Crippen LogP contribution in [0.1, 0.15) is 18.5 Å². The van der Waals surface area contributed by atoms with Crippen LogP contribution in [-0.4, -0.2) is 4.98 Å². The number of hydrogen-bond acceptors (Lipinski definition) is 4. The molecule has 102 valence electrons. The number of nitrogen functional groups attached to an aromatic ring is 1. The lowest BCUT2D eigenvalue weighted by Gasteiger charge is -2.17. The third-order valence-corrected chi connectivity index (χ3v) is 4.61. The summed E-state index contributed by atoms with van der Waals surface area (Å²) in [5.41, 5.74) is 11.7. The number of nitrogens with two attached hydrogens (primary N) is 1. The number of rotatable bonds is 3. The van der Waals surface area contributed by atoms with Gasteiger partial charge in [-0.2, -0.15) is 0 Å². The lowest BCUT2D eigenvalue weighted by molar-refractivity contribution is 0.885. The van der Waals surface area contributed by atoms with Crippen LogP contribution in [-0.2, 0) is 0 Å². The molecule has 3 rings (SSSR count). The fourth-order valence-electron chi connectivity index (χ4n) is 2.15. The Morgan fingerprint density at radius 1 is 1.20 bits per heavy atom. The van der Waals surface area contributed by atoms with Crippen molar-refractivity contribution < 1.29 is 0 Å². The molecule has 1 heterocycles. The maximum absolute atomic E-state index is 6.19. The molecule has 0 saturated heterocycles. The Kier molecular flexibility index (Phi) is 3.63.